The summed E-state index contributed by atoms with van der Waals surface area (Å²) in [6, 6.07) is 22.1. The number of amides is 3. The highest BCUT2D eigenvalue weighted by molar-refractivity contribution is 6.31. The fourth-order valence-electron chi connectivity index (χ4n) is 9.33. The first kappa shape index (κ1) is 44.6. The van der Waals surface area contributed by atoms with Crippen molar-refractivity contribution in [1.82, 2.24) is 40.5 Å². The number of nitrogens with one attached hydrogen (secondary N) is 3. The fourth-order valence-corrected chi connectivity index (χ4v) is 9.50. The van der Waals surface area contributed by atoms with Gasteiger partial charge in [-0.1, -0.05) is 59.0 Å². The molecule has 10 rings (SSSR count). The lowest BCUT2D eigenvalue weighted by molar-refractivity contribution is -0.136. The van der Waals surface area contributed by atoms with Crippen LogP contribution in [0.1, 0.15) is 89.2 Å². The zero-order chi connectivity index (χ0) is 46.7. The van der Waals surface area contributed by atoms with Gasteiger partial charge in [-0.15, -0.1) is 5.10 Å². The number of benzene rings is 4. The number of imide groups is 1. The third kappa shape index (κ3) is 9.37. The SMILES string of the molecule is O=C1CCC(N2Cc3c(C#CCCOCCN[C@H]4CC[C@H](n5cc(-c6ccc(Nc7ncc8c(n7)-c7ccc(Cl)cc7C(c7c(F)cccc7F)=NC8)cc6)nn5)CC4)cccc3C2=O)C(=O)N1. The normalized spacial score (nSPS) is 18.7. The molecule has 14 nitrogen and oxygen atoms in total. The smallest absolute Gasteiger partial charge is 0.255 e. The summed E-state index contributed by atoms with van der Waals surface area (Å²) in [5.41, 5.74) is 6.93. The lowest BCUT2D eigenvalue weighted by atomic mass is 9.91. The van der Waals surface area contributed by atoms with Crippen LogP contribution in [0.15, 0.2) is 96.2 Å². The van der Waals surface area contributed by atoms with Crippen LogP contribution in [0.25, 0.3) is 22.5 Å². The zero-order valence-electron chi connectivity index (χ0n) is 36.8. The van der Waals surface area contributed by atoms with Crippen LogP contribution in [0.3, 0.4) is 0 Å². The Morgan fingerprint density at radius 2 is 1.71 bits per heavy atom. The van der Waals surface area contributed by atoms with E-state index in [1.165, 1.54) is 23.1 Å². The van der Waals surface area contributed by atoms with Crippen LogP contribution in [0.5, 0.6) is 0 Å². The number of hydrogen-bond acceptors (Lipinski definition) is 11. The summed E-state index contributed by atoms with van der Waals surface area (Å²) in [6.45, 7) is 2.21. The van der Waals surface area contributed by atoms with Crippen LogP contribution in [0.4, 0.5) is 20.4 Å². The average Bonchev–Trinajstić information content (AvgIpc) is 3.93. The third-order valence-electron chi connectivity index (χ3n) is 12.8. The van der Waals surface area contributed by atoms with E-state index >= 15 is 0 Å². The topological polar surface area (TPSA) is 169 Å². The van der Waals surface area contributed by atoms with Gasteiger partial charge in [-0.25, -0.2) is 23.4 Å². The predicted molar refractivity (Wildman–Crippen MR) is 251 cm³/mol. The minimum absolute atomic E-state index is 0.123. The predicted octanol–water partition coefficient (Wildman–Crippen LogP) is 7.72. The highest BCUT2D eigenvalue weighted by Crippen LogP contribution is 2.36. The van der Waals surface area contributed by atoms with E-state index in [1.54, 1.807) is 36.5 Å². The van der Waals surface area contributed by atoms with E-state index in [9.17, 15) is 23.2 Å². The number of rotatable bonds is 12. The van der Waals surface area contributed by atoms with Gasteiger partial charge in [0.1, 0.15) is 23.4 Å². The van der Waals surface area contributed by atoms with Gasteiger partial charge in [-0.2, -0.15) is 0 Å². The average molecular weight is 935 g/mol. The van der Waals surface area contributed by atoms with Crippen molar-refractivity contribution in [2.45, 2.75) is 76.2 Å². The number of ether oxygens (including phenoxy) is 1. The van der Waals surface area contributed by atoms with Crippen LogP contribution >= 0.6 is 11.6 Å². The fraction of sp³-hybridized carbons (Fsp3) is 0.294. The number of nitrogens with zero attached hydrogens (tertiary/aromatic N) is 7. The molecule has 1 atom stereocenters. The molecule has 4 aromatic carbocycles. The molecule has 1 saturated carbocycles. The van der Waals surface area contributed by atoms with Crippen molar-refractivity contribution in [2.24, 2.45) is 4.99 Å². The number of carbonyl (C=O) groups excluding carboxylic acids is 3. The highest BCUT2D eigenvalue weighted by Gasteiger charge is 2.39. The molecular weight excluding hydrogens is 890 g/mol. The largest absolute Gasteiger partial charge is 0.379 e. The number of hydrogen-bond donors (Lipinski definition) is 3. The molecule has 0 spiro atoms. The quantitative estimate of drug-likeness (QED) is 0.0628. The number of piperidine rings is 1. The molecule has 0 radical (unpaired) electrons. The van der Waals surface area contributed by atoms with Gasteiger partial charge >= 0.3 is 0 Å². The Hall–Kier alpha value is -7.19. The molecule has 17 heteroatoms. The summed E-state index contributed by atoms with van der Waals surface area (Å²) < 4.78 is 37.8. The monoisotopic (exact) mass is 934 g/mol. The second-order valence-electron chi connectivity index (χ2n) is 17.2. The van der Waals surface area contributed by atoms with Gasteiger partial charge < -0.3 is 20.3 Å². The third-order valence-corrected chi connectivity index (χ3v) is 13.1. The Labute approximate surface area is 395 Å². The Morgan fingerprint density at radius 3 is 2.51 bits per heavy atom. The van der Waals surface area contributed by atoms with Crippen molar-refractivity contribution >= 4 is 46.7 Å². The molecule has 3 amide bonds. The molecule has 0 bridgehead atoms. The summed E-state index contributed by atoms with van der Waals surface area (Å²) in [6.07, 6.45) is 8.73. The maximum atomic E-state index is 15.0. The Kier molecular flexibility index (Phi) is 12.8. The number of anilines is 2. The first-order chi connectivity index (χ1) is 33.2. The van der Waals surface area contributed by atoms with Crippen LogP contribution in [-0.2, 0) is 27.4 Å². The van der Waals surface area contributed by atoms with Crippen LogP contribution in [0, 0.1) is 23.5 Å². The number of halogens is 3. The second-order valence-corrected chi connectivity index (χ2v) is 17.6. The molecule has 1 unspecified atom stereocenters. The summed E-state index contributed by atoms with van der Waals surface area (Å²) in [5, 5.41) is 18.6. The van der Waals surface area contributed by atoms with Gasteiger partial charge in [0.2, 0.25) is 17.8 Å². The van der Waals surface area contributed by atoms with Gasteiger partial charge in [-0.3, -0.25) is 24.7 Å². The van der Waals surface area contributed by atoms with Crippen molar-refractivity contribution in [1.29, 1.82) is 0 Å². The molecule has 1 aliphatic carbocycles. The lowest BCUT2D eigenvalue weighted by Crippen LogP contribution is -2.52. The van der Waals surface area contributed by atoms with Crippen LogP contribution < -0.4 is 16.0 Å². The van der Waals surface area contributed by atoms with Gasteiger partial charge in [0.25, 0.3) is 5.91 Å². The van der Waals surface area contributed by atoms with Gasteiger partial charge in [0.15, 0.2) is 0 Å². The first-order valence-corrected chi connectivity index (χ1v) is 23.1. The number of aromatic nitrogens is 5. The van der Waals surface area contributed by atoms with E-state index in [2.05, 4.69) is 48.1 Å². The molecule has 1 saturated heterocycles. The molecule has 344 valence electrons. The summed E-state index contributed by atoms with van der Waals surface area (Å²) in [7, 11) is 0. The maximum absolute atomic E-state index is 15.0. The number of fused-ring (bicyclic) bond motifs is 4. The van der Waals surface area contributed by atoms with Crippen LogP contribution in [0.2, 0.25) is 5.02 Å². The van der Waals surface area contributed by atoms with E-state index in [-0.39, 0.29) is 42.1 Å². The Bertz CT molecular complexity index is 3010. The van der Waals surface area contributed by atoms with Crippen LogP contribution in [-0.4, -0.2) is 85.1 Å². The van der Waals surface area contributed by atoms with Gasteiger partial charge in [-0.05, 0) is 86.2 Å². The molecular formula is C51H45ClF2N10O4. The van der Waals surface area contributed by atoms with E-state index < -0.39 is 23.6 Å². The molecule has 6 aromatic rings. The van der Waals surface area contributed by atoms with Crippen molar-refractivity contribution < 1.29 is 27.9 Å². The molecule has 3 aliphatic heterocycles. The summed E-state index contributed by atoms with van der Waals surface area (Å²) in [4.78, 5) is 52.6. The summed E-state index contributed by atoms with van der Waals surface area (Å²) in [5.74, 6) is 4.33. The minimum atomic E-state index is -0.715. The van der Waals surface area contributed by atoms with E-state index in [4.69, 9.17) is 21.3 Å². The Balaban J connectivity index is 0.672. The summed E-state index contributed by atoms with van der Waals surface area (Å²) >= 11 is 6.38. The zero-order valence-corrected chi connectivity index (χ0v) is 37.5. The van der Waals surface area contributed by atoms with Gasteiger partial charge in [0.05, 0.1) is 49.0 Å². The molecule has 3 N–H and O–H groups in total. The number of carbonyl (C=O) groups is 3. The highest BCUT2D eigenvalue weighted by atomic mass is 35.5. The molecule has 2 aromatic heterocycles. The molecule has 5 heterocycles. The van der Waals surface area contributed by atoms with E-state index in [0.717, 1.165) is 60.3 Å². The standard InChI is InChI=1S/C51H45ClF2N10O4/c52-33-12-19-37-39(25-33)48(46-41(53)8-4-9-42(46)54)56-26-32-27-57-51(60-47(32)37)58-35-13-10-31(11-14-35)43-29-64(62-61-43)36-17-15-34(16-18-36)55-22-24-68-23-2-1-5-30-6-3-7-38-40(30)28-63(50(38)67)44-20-21-45(65)59-49(44)66/h3-4,6-14,19,25,27,29,34,36,44,55H,2,15-18,20-24,26,28H2,(H,57,58,60)(H,59,65,66)/t34-,36-,44?. The Morgan fingerprint density at radius 1 is 0.897 bits per heavy atom. The minimum Gasteiger partial charge on any atom is -0.379 e. The second kappa shape index (κ2) is 19.6. The van der Waals surface area contributed by atoms with Crippen molar-refractivity contribution in [2.75, 3.05) is 25.1 Å². The maximum Gasteiger partial charge on any atom is 0.255 e. The van der Waals surface area contributed by atoms with Crippen molar-refractivity contribution in [3.05, 3.63) is 141 Å². The number of aliphatic imine (C=N–C) groups is 1. The van der Waals surface area contributed by atoms with Crippen molar-refractivity contribution in [3.8, 4) is 34.4 Å². The lowest BCUT2D eigenvalue weighted by Gasteiger charge is -2.29. The molecule has 4 aliphatic rings. The van der Waals surface area contributed by atoms with E-state index in [1.807, 2.05) is 41.2 Å². The van der Waals surface area contributed by atoms with Crippen molar-refractivity contribution in [3.63, 3.8) is 0 Å². The molecule has 2 fully saturated rings. The van der Waals surface area contributed by atoms with Gasteiger partial charge in [0, 0.05) is 82.3 Å². The van der Waals surface area contributed by atoms with E-state index in [0.29, 0.717) is 77.6 Å². The molecule has 68 heavy (non-hydrogen) atoms. The first-order valence-electron chi connectivity index (χ1n) is 22.7.